The maximum absolute atomic E-state index is 12.0. The van der Waals surface area contributed by atoms with E-state index in [4.69, 9.17) is 9.47 Å². The average Bonchev–Trinajstić information content (AvgIpc) is 2.93. The first kappa shape index (κ1) is 19.5. The molecule has 0 aliphatic carbocycles. The van der Waals surface area contributed by atoms with E-state index < -0.39 is 11.9 Å². The molecular weight excluding hydrogens is 426 g/mol. The number of ether oxygens (including phenoxy) is 2. The fourth-order valence-corrected chi connectivity index (χ4v) is 3.23. The van der Waals surface area contributed by atoms with E-state index in [1.807, 2.05) is 12.1 Å². The summed E-state index contributed by atoms with van der Waals surface area (Å²) in [6.07, 6.45) is 1.56. The van der Waals surface area contributed by atoms with Crippen molar-refractivity contribution >= 4 is 33.9 Å². The summed E-state index contributed by atoms with van der Waals surface area (Å²) in [6, 6.07) is 12.3. The van der Waals surface area contributed by atoms with Crippen LogP contribution in [0.25, 0.3) is 6.08 Å². The Morgan fingerprint density at radius 1 is 1.29 bits per heavy atom. The highest BCUT2D eigenvalue weighted by Gasteiger charge is 2.30. The number of amides is 3. The number of carbonyl (C=O) groups is 2. The predicted molar refractivity (Wildman–Crippen MR) is 105 cm³/mol. The van der Waals surface area contributed by atoms with Crippen molar-refractivity contribution in [2.24, 2.45) is 0 Å². The minimum absolute atomic E-state index is 0.179. The number of likely N-dealkylation sites (N-methyl/N-ethyl adjacent to an activating group) is 1. The van der Waals surface area contributed by atoms with Crippen LogP contribution in [0.4, 0.5) is 4.79 Å². The Bertz CT molecular complexity index is 1030. The van der Waals surface area contributed by atoms with Crippen LogP contribution in [0.1, 0.15) is 16.7 Å². The molecule has 0 unspecified atom stereocenters. The molecule has 1 aliphatic heterocycles. The summed E-state index contributed by atoms with van der Waals surface area (Å²) in [5.41, 5.74) is 2.12. The van der Waals surface area contributed by atoms with Crippen molar-refractivity contribution < 1.29 is 19.1 Å². The lowest BCUT2D eigenvalue weighted by Gasteiger charge is -2.14. The third-order valence-corrected chi connectivity index (χ3v) is 4.74. The summed E-state index contributed by atoms with van der Waals surface area (Å²) in [5, 5.41) is 11.7. The number of hydrogen-bond acceptors (Lipinski definition) is 5. The zero-order chi connectivity index (χ0) is 20.3. The Kier molecular flexibility index (Phi) is 5.66. The highest BCUT2D eigenvalue weighted by atomic mass is 79.9. The van der Waals surface area contributed by atoms with Gasteiger partial charge in [0.05, 0.1) is 23.2 Å². The smallest absolute Gasteiger partial charge is 0.328 e. The number of nitriles is 1. The molecule has 28 heavy (non-hydrogen) atoms. The lowest BCUT2D eigenvalue weighted by atomic mass is 10.1. The van der Waals surface area contributed by atoms with Gasteiger partial charge in [0.25, 0.3) is 5.91 Å². The number of rotatable bonds is 5. The molecular formula is C20H16BrN3O4. The fraction of sp³-hybridized carbons (Fsp3) is 0.150. The lowest BCUT2D eigenvalue weighted by Crippen LogP contribution is -2.25. The normalized spacial score (nSPS) is 14.8. The SMILES string of the molecule is COc1cc(/C=C2/NC(=O)N(C)C2=O)cc(Br)c1OCc1ccccc1C#N. The molecule has 1 N–H and O–H groups in total. The largest absolute Gasteiger partial charge is 0.493 e. The van der Waals surface area contributed by atoms with Gasteiger partial charge in [-0.1, -0.05) is 18.2 Å². The second-order valence-corrected chi connectivity index (χ2v) is 6.80. The Labute approximate surface area is 170 Å². The molecule has 0 saturated carbocycles. The zero-order valence-electron chi connectivity index (χ0n) is 15.2. The molecule has 1 saturated heterocycles. The standard InChI is InChI=1S/C20H16BrN3O4/c1-24-19(25)16(23-20(24)26)8-12-7-15(21)18(17(9-12)27-2)28-11-14-6-4-3-5-13(14)10-22/h3-9H,11H2,1-2H3,(H,23,26)/b16-8+. The molecule has 0 aromatic heterocycles. The maximum atomic E-state index is 12.0. The fourth-order valence-electron chi connectivity index (χ4n) is 2.66. The second kappa shape index (κ2) is 8.15. The number of carbonyl (C=O) groups excluding carboxylic acids is 2. The number of urea groups is 1. The van der Waals surface area contributed by atoms with E-state index in [0.29, 0.717) is 27.1 Å². The van der Waals surface area contributed by atoms with Crippen LogP contribution >= 0.6 is 15.9 Å². The minimum Gasteiger partial charge on any atom is -0.493 e. The number of halogens is 1. The van der Waals surface area contributed by atoms with Crippen LogP contribution in [0, 0.1) is 11.3 Å². The first-order valence-corrected chi connectivity index (χ1v) is 9.03. The van der Waals surface area contributed by atoms with Gasteiger partial charge in [0, 0.05) is 12.6 Å². The Morgan fingerprint density at radius 2 is 2.04 bits per heavy atom. The van der Waals surface area contributed by atoms with Gasteiger partial charge in [-0.15, -0.1) is 0 Å². The van der Waals surface area contributed by atoms with Gasteiger partial charge >= 0.3 is 6.03 Å². The quantitative estimate of drug-likeness (QED) is 0.566. The molecule has 3 rings (SSSR count). The summed E-state index contributed by atoms with van der Waals surface area (Å²) in [6.45, 7) is 0.193. The van der Waals surface area contributed by atoms with Crippen LogP contribution < -0.4 is 14.8 Å². The second-order valence-electron chi connectivity index (χ2n) is 5.94. The highest BCUT2D eigenvalue weighted by molar-refractivity contribution is 9.10. The third-order valence-electron chi connectivity index (χ3n) is 4.15. The number of nitrogens with zero attached hydrogens (tertiary/aromatic N) is 2. The predicted octanol–water partition coefficient (Wildman–Crippen LogP) is 3.43. The molecule has 0 spiro atoms. The van der Waals surface area contributed by atoms with Crippen molar-refractivity contribution in [3.63, 3.8) is 0 Å². The number of imide groups is 1. The van der Waals surface area contributed by atoms with Crippen LogP contribution in [0.3, 0.4) is 0 Å². The number of methoxy groups -OCH3 is 1. The Hall–Kier alpha value is -3.31. The minimum atomic E-state index is -0.474. The van der Waals surface area contributed by atoms with E-state index in [1.165, 1.54) is 14.2 Å². The molecule has 1 aliphatic rings. The van der Waals surface area contributed by atoms with Crippen molar-refractivity contribution in [3.8, 4) is 17.6 Å². The van der Waals surface area contributed by atoms with E-state index in [-0.39, 0.29) is 12.3 Å². The van der Waals surface area contributed by atoms with E-state index in [1.54, 1.807) is 30.3 Å². The Balaban J connectivity index is 1.87. The molecule has 0 bridgehead atoms. The van der Waals surface area contributed by atoms with Gasteiger partial charge in [-0.2, -0.15) is 5.26 Å². The monoisotopic (exact) mass is 441 g/mol. The zero-order valence-corrected chi connectivity index (χ0v) is 16.7. The average molecular weight is 442 g/mol. The molecule has 2 aromatic carbocycles. The van der Waals surface area contributed by atoms with Crippen LogP contribution in [0.5, 0.6) is 11.5 Å². The van der Waals surface area contributed by atoms with Crippen LogP contribution in [0.15, 0.2) is 46.6 Å². The van der Waals surface area contributed by atoms with Gasteiger partial charge in [-0.3, -0.25) is 9.69 Å². The summed E-state index contributed by atoms with van der Waals surface area (Å²) >= 11 is 3.45. The lowest BCUT2D eigenvalue weighted by molar-refractivity contribution is -0.121. The molecule has 8 heteroatoms. The molecule has 0 atom stereocenters. The number of hydrogen-bond donors (Lipinski definition) is 1. The van der Waals surface area contributed by atoms with Crippen LogP contribution in [0.2, 0.25) is 0 Å². The number of benzene rings is 2. The summed E-state index contributed by atoms with van der Waals surface area (Å²) in [7, 11) is 2.91. The molecule has 0 radical (unpaired) electrons. The van der Waals surface area contributed by atoms with E-state index in [0.717, 1.165) is 10.5 Å². The molecule has 142 valence electrons. The van der Waals surface area contributed by atoms with Crippen molar-refractivity contribution in [1.82, 2.24) is 10.2 Å². The van der Waals surface area contributed by atoms with Crippen molar-refractivity contribution in [2.45, 2.75) is 6.61 Å². The van der Waals surface area contributed by atoms with Gasteiger partial charge in [0.2, 0.25) is 0 Å². The van der Waals surface area contributed by atoms with Crippen molar-refractivity contribution in [3.05, 3.63) is 63.3 Å². The maximum Gasteiger partial charge on any atom is 0.328 e. The number of nitrogens with one attached hydrogen (secondary N) is 1. The van der Waals surface area contributed by atoms with E-state index in [2.05, 4.69) is 27.3 Å². The third kappa shape index (κ3) is 3.85. The summed E-state index contributed by atoms with van der Waals surface area (Å²) in [5.74, 6) is 0.505. The molecule has 3 amide bonds. The Morgan fingerprint density at radius 3 is 2.68 bits per heavy atom. The first-order chi connectivity index (χ1) is 13.4. The van der Waals surface area contributed by atoms with Gasteiger partial charge < -0.3 is 14.8 Å². The van der Waals surface area contributed by atoms with Gasteiger partial charge in [-0.05, 0) is 45.8 Å². The van der Waals surface area contributed by atoms with Gasteiger partial charge in [0.15, 0.2) is 11.5 Å². The first-order valence-electron chi connectivity index (χ1n) is 8.23. The van der Waals surface area contributed by atoms with Crippen LogP contribution in [-0.4, -0.2) is 31.0 Å². The summed E-state index contributed by atoms with van der Waals surface area (Å²) < 4.78 is 11.9. The molecule has 1 fully saturated rings. The van der Waals surface area contributed by atoms with Crippen LogP contribution in [-0.2, 0) is 11.4 Å². The molecule has 7 nitrogen and oxygen atoms in total. The van der Waals surface area contributed by atoms with Crippen molar-refractivity contribution in [1.29, 1.82) is 5.26 Å². The highest BCUT2D eigenvalue weighted by Crippen LogP contribution is 2.38. The topological polar surface area (TPSA) is 91.7 Å². The van der Waals surface area contributed by atoms with Gasteiger partial charge in [-0.25, -0.2) is 4.79 Å². The van der Waals surface area contributed by atoms with E-state index >= 15 is 0 Å². The van der Waals surface area contributed by atoms with E-state index in [9.17, 15) is 14.9 Å². The summed E-state index contributed by atoms with van der Waals surface area (Å²) in [4.78, 5) is 24.6. The molecule has 2 aromatic rings. The molecule has 1 heterocycles. The van der Waals surface area contributed by atoms with Crippen molar-refractivity contribution in [2.75, 3.05) is 14.2 Å². The van der Waals surface area contributed by atoms with Gasteiger partial charge in [0.1, 0.15) is 12.3 Å².